The van der Waals surface area contributed by atoms with E-state index in [2.05, 4.69) is 15.8 Å². The largest absolute Gasteiger partial charge is 0.479 e. The summed E-state index contributed by atoms with van der Waals surface area (Å²) in [6.45, 7) is 1.83. The fraction of sp³-hybridized carbons (Fsp3) is 0.550. The molecule has 2 fully saturated rings. The third kappa shape index (κ3) is 5.17. The van der Waals surface area contributed by atoms with E-state index in [1.54, 1.807) is 18.2 Å². The van der Waals surface area contributed by atoms with E-state index >= 15 is 0 Å². The van der Waals surface area contributed by atoms with Crippen LogP contribution in [0.2, 0.25) is 10.0 Å². The number of ether oxygens (including phenoxy) is 1. The van der Waals surface area contributed by atoms with Crippen LogP contribution in [-0.2, 0) is 9.59 Å². The van der Waals surface area contributed by atoms with Crippen molar-refractivity contribution in [2.75, 3.05) is 0 Å². The van der Waals surface area contributed by atoms with Crippen molar-refractivity contribution in [3.63, 3.8) is 0 Å². The van der Waals surface area contributed by atoms with Gasteiger partial charge in [-0.2, -0.15) is 5.10 Å². The Morgan fingerprint density at radius 2 is 2.18 bits per heavy atom. The summed E-state index contributed by atoms with van der Waals surface area (Å²) in [7, 11) is 0. The van der Waals surface area contributed by atoms with Crippen LogP contribution in [0.15, 0.2) is 23.3 Å². The van der Waals surface area contributed by atoms with Crippen LogP contribution in [0.5, 0.6) is 5.75 Å². The quantitative estimate of drug-likeness (QED) is 0.534. The molecule has 6 nitrogen and oxygen atoms in total. The molecule has 2 N–H and O–H groups in total. The molecular weight excluding hydrogens is 401 g/mol. The van der Waals surface area contributed by atoms with E-state index < -0.39 is 12.0 Å². The van der Waals surface area contributed by atoms with Gasteiger partial charge in [0.15, 0.2) is 6.10 Å². The van der Waals surface area contributed by atoms with E-state index in [0.29, 0.717) is 34.2 Å². The molecule has 8 heteroatoms. The Hall–Kier alpha value is -1.79. The fourth-order valence-electron chi connectivity index (χ4n) is 3.84. The van der Waals surface area contributed by atoms with Crippen molar-refractivity contribution in [2.24, 2.45) is 16.9 Å². The monoisotopic (exact) mass is 425 g/mol. The van der Waals surface area contributed by atoms with Gasteiger partial charge in [0.2, 0.25) is 5.91 Å². The second-order valence-electron chi connectivity index (χ2n) is 7.35. The second-order valence-corrected chi connectivity index (χ2v) is 8.19. The van der Waals surface area contributed by atoms with E-state index in [4.69, 9.17) is 27.9 Å². The van der Waals surface area contributed by atoms with Crippen LogP contribution in [0.3, 0.4) is 0 Å². The Labute approximate surface area is 175 Å². The van der Waals surface area contributed by atoms with Gasteiger partial charge in [0.05, 0.1) is 10.9 Å². The summed E-state index contributed by atoms with van der Waals surface area (Å²) < 4.78 is 5.69. The Morgan fingerprint density at radius 1 is 1.39 bits per heavy atom. The molecule has 1 saturated carbocycles. The second kappa shape index (κ2) is 9.61. The van der Waals surface area contributed by atoms with Crippen LogP contribution in [0.1, 0.15) is 45.4 Å². The Bertz CT molecular complexity index is 756. The normalized spacial score (nSPS) is 25.7. The molecule has 2 amide bonds. The van der Waals surface area contributed by atoms with Gasteiger partial charge in [-0.05, 0) is 49.8 Å². The molecule has 1 heterocycles. The molecule has 1 aromatic rings. The highest BCUT2D eigenvalue weighted by Crippen LogP contribution is 2.32. The van der Waals surface area contributed by atoms with Crippen molar-refractivity contribution in [1.29, 1.82) is 0 Å². The molecule has 4 unspecified atom stereocenters. The number of hydrazone groups is 1. The van der Waals surface area contributed by atoms with Crippen molar-refractivity contribution in [3.8, 4) is 5.75 Å². The number of nitrogens with zero attached hydrogens (tertiary/aromatic N) is 1. The fourth-order valence-corrected chi connectivity index (χ4v) is 4.29. The van der Waals surface area contributed by atoms with Gasteiger partial charge in [-0.1, -0.05) is 43.0 Å². The number of nitrogens with one attached hydrogen (secondary N) is 2. The number of carbonyl (C=O) groups excluding carboxylic acids is 2. The molecule has 0 bridgehead atoms. The molecular formula is C20H25Cl2N3O3. The van der Waals surface area contributed by atoms with Crippen molar-refractivity contribution in [2.45, 2.75) is 57.6 Å². The summed E-state index contributed by atoms with van der Waals surface area (Å²) >= 11 is 12.0. The van der Waals surface area contributed by atoms with Crippen molar-refractivity contribution in [3.05, 3.63) is 28.2 Å². The third-order valence-corrected chi connectivity index (χ3v) is 5.92. The zero-order chi connectivity index (χ0) is 20.1. The first-order valence-electron chi connectivity index (χ1n) is 9.73. The van der Waals surface area contributed by atoms with Gasteiger partial charge >= 0.3 is 0 Å². The number of fused-ring (bicyclic) bond motifs is 1. The molecule has 2 aliphatic rings. The molecule has 152 valence electrons. The highest BCUT2D eigenvalue weighted by molar-refractivity contribution is 6.35. The SMILES string of the molecule is CCC(Oc1ccc(Cl)cc1Cl)C(=O)N/N=C/C1CC2CCCCC2NC1=O. The lowest BCUT2D eigenvalue weighted by Crippen LogP contribution is -2.51. The number of hydrogen-bond acceptors (Lipinski definition) is 4. The van der Waals surface area contributed by atoms with E-state index in [1.165, 1.54) is 19.1 Å². The van der Waals surface area contributed by atoms with Crippen LogP contribution < -0.4 is 15.5 Å². The number of rotatable bonds is 6. The van der Waals surface area contributed by atoms with Gasteiger partial charge in [0, 0.05) is 17.3 Å². The highest BCUT2D eigenvalue weighted by atomic mass is 35.5. The van der Waals surface area contributed by atoms with Gasteiger partial charge in [0.1, 0.15) is 5.75 Å². The van der Waals surface area contributed by atoms with E-state index in [9.17, 15) is 9.59 Å². The van der Waals surface area contributed by atoms with E-state index in [-0.39, 0.29) is 11.8 Å². The number of benzene rings is 1. The molecule has 1 aromatic carbocycles. The molecule has 1 aliphatic heterocycles. The minimum atomic E-state index is -0.751. The first-order valence-corrected chi connectivity index (χ1v) is 10.5. The van der Waals surface area contributed by atoms with Gasteiger partial charge in [-0.25, -0.2) is 5.43 Å². The zero-order valence-corrected chi connectivity index (χ0v) is 17.3. The van der Waals surface area contributed by atoms with Crippen LogP contribution in [0, 0.1) is 11.8 Å². The molecule has 3 rings (SSSR count). The van der Waals surface area contributed by atoms with Crippen molar-refractivity contribution >= 4 is 41.2 Å². The Balaban J connectivity index is 1.54. The summed E-state index contributed by atoms with van der Waals surface area (Å²) in [5.41, 5.74) is 2.48. The maximum absolute atomic E-state index is 12.4. The standard InChI is InChI=1S/C20H25Cl2N3O3/c1-2-17(28-18-8-7-14(21)10-15(18)22)20(27)25-23-11-13-9-12-5-3-4-6-16(12)24-19(13)26/h7-8,10-13,16-17H,2-6,9H2,1H3,(H,24,26)(H,25,27)/b23-11+. The molecule has 4 atom stereocenters. The number of hydrogen-bond donors (Lipinski definition) is 2. The minimum absolute atomic E-state index is 0.0163. The van der Waals surface area contributed by atoms with Crippen molar-refractivity contribution < 1.29 is 14.3 Å². The van der Waals surface area contributed by atoms with Crippen LogP contribution in [0.4, 0.5) is 0 Å². The lowest BCUT2D eigenvalue weighted by molar-refractivity contribution is -0.129. The van der Waals surface area contributed by atoms with Crippen LogP contribution in [0.25, 0.3) is 0 Å². The molecule has 0 spiro atoms. The maximum atomic E-state index is 12.4. The van der Waals surface area contributed by atoms with Gasteiger partial charge in [-0.15, -0.1) is 0 Å². The smallest absolute Gasteiger partial charge is 0.281 e. The minimum Gasteiger partial charge on any atom is -0.479 e. The number of piperidine rings is 1. The maximum Gasteiger partial charge on any atom is 0.281 e. The van der Waals surface area contributed by atoms with Gasteiger partial charge in [-0.3, -0.25) is 9.59 Å². The Kier molecular flexibility index (Phi) is 7.18. The topological polar surface area (TPSA) is 79.8 Å². The molecule has 1 aliphatic carbocycles. The van der Waals surface area contributed by atoms with E-state index in [1.807, 2.05) is 6.92 Å². The predicted molar refractivity (Wildman–Crippen MR) is 110 cm³/mol. The average Bonchev–Trinajstić information content (AvgIpc) is 2.67. The molecule has 1 saturated heterocycles. The Morgan fingerprint density at radius 3 is 2.93 bits per heavy atom. The lowest BCUT2D eigenvalue weighted by atomic mass is 9.76. The first kappa shape index (κ1) is 20.9. The lowest BCUT2D eigenvalue weighted by Gasteiger charge is -2.38. The molecule has 0 radical (unpaired) electrons. The predicted octanol–water partition coefficient (Wildman–Crippen LogP) is 3.95. The zero-order valence-electron chi connectivity index (χ0n) is 15.8. The summed E-state index contributed by atoms with van der Waals surface area (Å²) in [6, 6.07) is 5.12. The van der Waals surface area contributed by atoms with Crippen molar-refractivity contribution in [1.82, 2.24) is 10.7 Å². The van der Waals surface area contributed by atoms with Gasteiger partial charge in [0.25, 0.3) is 5.91 Å². The summed E-state index contributed by atoms with van der Waals surface area (Å²) in [5.74, 6) is 0.157. The average molecular weight is 426 g/mol. The molecule has 0 aromatic heterocycles. The number of halogens is 2. The number of carbonyl (C=O) groups is 2. The first-order chi connectivity index (χ1) is 13.5. The van der Waals surface area contributed by atoms with Gasteiger partial charge < -0.3 is 10.1 Å². The summed E-state index contributed by atoms with van der Waals surface area (Å²) in [4.78, 5) is 24.6. The molecule has 28 heavy (non-hydrogen) atoms. The van der Waals surface area contributed by atoms with E-state index in [0.717, 1.165) is 19.3 Å². The van der Waals surface area contributed by atoms with Crippen LogP contribution in [-0.4, -0.2) is 30.2 Å². The number of amides is 2. The van der Waals surface area contributed by atoms with Crippen LogP contribution >= 0.6 is 23.2 Å². The third-order valence-electron chi connectivity index (χ3n) is 5.39. The summed E-state index contributed by atoms with van der Waals surface area (Å²) in [6.07, 6.45) is 6.57. The summed E-state index contributed by atoms with van der Waals surface area (Å²) in [5, 5.41) is 7.93. The highest BCUT2D eigenvalue weighted by Gasteiger charge is 2.36.